The van der Waals surface area contributed by atoms with Gasteiger partial charge in [0.2, 0.25) is 0 Å². The molecule has 0 aromatic heterocycles. The van der Waals surface area contributed by atoms with Gasteiger partial charge in [0.1, 0.15) is 5.82 Å². The monoisotopic (exact) mass is 374 g/mol. The normalized spacial score (nSPS) is 15.0. The van der Waals surface area contributed by atoms with Crippen LogP contribution in [0.1, 0.15) is 39.1 Å². The quantitative estimate of drug-likeness (QED) is 0.887. The second-order valence-electron chi connectivity index (χ2n) is 6.51. The van der Waals surface area contributed by atoms with Crippen molar-refractivity contribution in [3.8, 4) is 0 Å². The molecule has 1 saturated heterocycles. The number of carbonyl (C=O) groups excluding carboxylic acids is 2. The Morgan fingerprint density at radius 3 is 2.50 bits per heavy atom. The predicted octanol–water partition coefficient (Wildman–Crippen LogP) is 3.82. The van der Waals surface area contributed by atoms with Crippen LogP contribution in [0.2, 0.25) is 5.02 Å². The van der Waals surface area contributed by atoms with E-state index in [1.54, 1.807) is 11.0 Å². The molecule has 0 aliphatic carbocycles. The van der Waals surface area contributed by atoms with Crippen LogP contribution in [0.15, 0.2) is 42.5 Å². The first kappa shape index (κ1) is 18.4. The van der Waals surface area contributed by atoms with E-state index >= 15 is 0 Å². The predicted molar refractivity (Wildman–Crippen MR) is 99.0 cm³/mol. The molecule has 0 saturated carbocycles. The van der Waals surface area contributed by atoms with E-state index in [9.17, 15) is 14.0 Å². The molecule has 1 aliphatic rings. The number of amides is 2. The van der Waals surface area contributed by atoms with Gasteiger partial charge >= 0.3 is 0 Å². The summed E-state index contributed by atoms with van der Waals surface area (Å²) in [6, 6.07) is 11.6. The summed E-state index contributed by atoms with van der Waals surface area (Å²) in [6.07, 6.45) is 1.24. The van der Waals surface area contributed by atoms with Crippen molar-refractivity contribution >= 4 is 23.4 Å². The topological polar surface area (TPSA) is 49.4 Å². The molecule has 0 atom stereocenters. The van der Waals surface area contributed by atoms with Crippen molar-refractivity contribution in [3.63, 3.8) is 0 Å². The number of rotatable bonds is 3. The zero-order valence-corrected chi connectivity index (χ0v) is 15.2. The number of aryl methyl sites for hydroxylation is 1. The third-order valence-corrected chi connectivity index (χ3v) is 4.89. The van der Waals surface area contributed by atoms with Crippen LogP contribution in [0.3, 0.4) is 0 Å². The maximum Gasteiger partial charge on any atom is 0.258 e. The smallest absolute Gasteiger partial charge is 0.258 e. The van der Waals surface area contributed by atoms with E-state index < -0.39 is 11.7 Å². The van der Waals surface area contributed by atoms with Gasteiger partial charge in [-0.15, -0.1) is 0 Å². The first-order valence-corrected chi connectivity index (χ1v) is 8.94. The number of hydrogen-bond acceptors (Lipinski definition) is 2. The molecule has 4 nitrogen and oxygen atoms in total. The number of nitrogens with one attached hydrogen (secondary N) is 1. The molecular weight excluding hydrogens is 355 g/mol. The summed E-state index contributed by atoms with van der Waals surface area (Å²) >= 11 is 5.98. The molecule has 3 rings (SSSR count). The summed E-state index contributed by atoms with van der Waals surface area (Å²) in [6.45, 7) is 2.83. The molecule has 2 aromatic rings. The minimum atomic E-state index is -0.614. The first-order valence-electron chi connectivity index (χ1n) is 8.56. The lowest BCUT2D eigenvalue weighted by Gasteiger charge is -2.32. The Morgan fingerprint density at radius 2 is 1.85 bits per heavy atom. The molecule has 2 aromatic carbocycles. The van der Waals surface area contributed by atoms with Crippen LogP contribution < -0.4 is 5.32 Å². The maximum atomic E-state index is 13.9. The summed E-state index contributed by atoms with van der Waals surface area (Å²) in [4.78, 5) is 26.5. The number of halogens is 2. The SMILES string of the molecule is Cc1cccc(C(=O)NC2CCN(C(=O)c3c(F)cccc3Cl)CC2)c1. The number of likely N-dealkylation sites (tertiary alicyclic amines) is 1. The van der Waals surface area contributed by atoms with E-state index in [-0.39, 0.29) is 22.5 Å². The highest BCUT2D eigenvalue weighted by Gasteiger charge is 2.27. The minimum absolute atomic E-state index is 0.0110. The van der Waals surface area contributed by atoms with Crippen LogP contribution in [0.5, 0.6) is 0 Å². The molecule has 1 fully saturated rings. The standard InChI is InChI=1S/C20H20ClFN2O2/c1-13-4-2-5-14(12-13)19(25)23-15-8-10-24(11-9-15)20(26)18-16(21)6-3-7-17(18)22/h2-7,12,15H,8-11H2,1H3,(H,23,25). The average molecular weight is 375 g/mol. The summed E-state index contributed by atoms with van der Waals surface area (Å²) in [5, 5.41) is 3.12. The first-order chi connectivity index (χ1) is 12.5. The fourth-order valence-electron chi connectivity index (χ4n) is 3.14. The van der Waals surface area contributed by atoms with Crippen LogP contribution >= 0.6 is 11.6 Å². The lowest BCUT2D eigenvalue weighted by Crippen LogP contribution is -2.46. The molecular formula is C20H20ClFN2O2. The molecule has 6 heteroatoms. The van der Waals surface area contributed by atoms with E-state index in [4.69, 9.17) is 11.6 Å². The number of piperidine rings is 1. The third-order valence-electron chi connectivity index (χ3n) is 4.57. The van der Waals surface area contributed by atoms with Gasteiger partial charge in [-0.25, -0.2) is 4.39 Å². The fourth-order valence-corrected chi connectivity index (χ4v) is 3.39. The molecule has 136 valence electrons. The molecule has 0 unspecified atom stereocenters. The van der Waals surface area contributed by atoms with Gasteiger partial charge in [-0.2, -0.15) is 0 Å². The Kier molecular flexibility index (Phi) is 5.57. The van der Waals surface area contributed by atoms with Gasteiger partial charge in [0.25, 0.3) is 11.8 Å². The Hall–Kier alpha value is -2.40. The van der Waals surface area contributed by atoms with Gasteiger partial charge in [-0.05, 0) is 44.0 Å². The second kappa shape index (κ2) is 7.87. The summed E-state index contributed by atoms with van der Waals surface area (Å²) < 4.78 is 13.9. The van der Waals surface area contributed by atoms with Crippen molar-refractivity contribution in [2.75, 3.05) is 13.1 Å². The Bertz CT molecular complexity index is 812. The van der Waals surface area contributed by atoms with E-state index in [2.05, 4.69) is 5.32 Å². The number of nitrogens with zero attached hydrogens (tertiary/aromatic N) is 1. The lowest BCUT2D eigenvalue weighted by molar-refractivity contribution is 0.0694. The van der Waals surface area contributed by atoms with Crippen molar-refractivity contribution in [2.24, 2.45) is 0 Å². The summed E-state index contributed by atoms with van der Waals surface area (Å²) in [5.41, 5.74) is 1.57. The molecule has 26 heavy (non-hydrogen) atoms. The van der Waals surface area contributed by atoms with E-state index in [0.717, 1.165) is 5.56 Å². The average Bonchev–Trinajstić information content (AvgIpc) is 2.62. The number of hydrogen-bond donors (Lipinski definition) is 1. The maximum absolute atomic E-state index is 13.9. The molecule has 1 heterocycles. The van der Waals surface area contributed by atoms with E-state index in [0.29, 0.717) is 31.5 Å². The molecule has 1 N–H and O–H groups in total. The summed E-state index contributed by atoms with van der Waals surface area (Å²) in [5.74, 6) is -1.13. The third kappa shape index (κ3) is 4.05. The Balaban J connectivity index is 1.59. The van der Waals surface area contributed by atoms with Crippen molar-refractivity contribution in [1.82, 2.24) is 10.2 Å². The largest absolute Gasteiger partial charge is 0.349 e. The van der Waals surface area contributed by atoms with Crippen molar-refractivity contribution in [3.05, 3.63) is 70.0 Å². The van der Waals surface area contributed by atoms with Gasteiger partial charge in [0.05, 0.1) is 10.6 Å². The highest BCUT2D eigenvalue weighted by Crippen LogP contribution is 2.23. The van der Waals surface area contributed by atoms with Crippen LogP contribution in [-0.2, 0) is 0 Å². The van der Waals surface area contributed by atoms with Crippen molar-refractivity contribution < 1.29 is 14.0 Å². The number of carbonyl (C=O) groups is 2. The molecule has 0 radical (unpaired) electrons. The van der Waals surface area contributed by atoms with Gasteiger partial charge in [0, 0.05) is 24.7 Å². The van der Waals surface area contributed by atoms with E-state index in [1.807, 2.05) is 25.1 Å². The molecule has 1 aliphatic heterocycles. The van der Waals surface area contributed by atoms with Crippen LogP contribution in [0.4, 0.5) is 4.39 Å². The minimum Gasteiger partial charge on any atom is -0.349 e. The van der Waals surface area contributed by atoms with Crippen molar-refractivity contribution in [2.45, 2.75) is 25.8 Å². The van der Waals surface area contributed by atoms with Gasteiger partial charge < -0.3 is 10.2 Å². The van der Waals surface area contributed by atoms with E-state index in [1.165, 1.54) is 18.2 Å². The molecule has 0 bridgehead atoms. The summed E-state index contributed by atoms with van der Waals surface area (Å²) in [7, 11) is 0. The van der Waals surface area contributed by atoms with Gasteiger partial charge in [-0.3, -0.25) is 9.59 Å². The zero-order valence-electron chi connectivity index (χ0n) is 14.5. The molecule has 2 amide bonds. The highest BCUT2D eigenvalue weighted by molar-refractivity contribution is 6.33. The van der Waals surface area contributed by atoms with Crippen LogP contribution in [-0.4, -0.2) is 35.8 Å². The number of benzene rings is 2. The Labute approximate surface area is 157 Å². The van der Waals surface area contributed by atoms with Gasteiger partial charge in [0.15, 0.2) is 0 Å². The lowest BCUT2D eigenvalue weighted by atomic mass is 10.0. The van der Waals surface area contributed by atoms with Gasteiger partial charge in [-0.1, -0.05) is 35.4 Å². The highest BCUT2D eigenvalue weighted by atomic mass is 35.5. The zero-order chi connectivity index (χ0) is 18.7. The Morgan fingerprint density at radius 1 is 1.15 bits per heavy atom. The van der Waals surface area contributed by atoms with Crippen LogP contribution in [0.25, 0.3) is 0 Å². The molecule has 0 spiro atoms. The fraction of sp³-hybridized carbons (Fsp3) is 0.300. The van der Waals surface area contributed by atoms with Crippen LogP contribution in [0, 0.1) is 12.7 Å². The van der Waals surface area contributed by atoms with Crippen molar-refractivity contribution in [1.29, 1.82) is 0 Å². The second-order valence-corrected chi connectivity index (χ2v) is 6.91.